The predicted molar refractivity (Wildman–Crippen MR) is 155 cm³/mol. The van der Waals surface area contributed by atoms with Gasteiger partial charge in [-0.05, 0) is 51.0 Å². The van der Waals surface area contributed by atoms with E-state index in [-0.39, 0.29) is 22.3 Å². The van der Waals surface area contributed by atoms with Gasteiger partial charge in [-0.3, -0.25) is 9.59 Å². The Morgan fingerprint density at radius 1 is 0.706 bits per heavy atom. The van der Waals surface area contributed by atoms with Gasteiger partial charge in [0.25, 0.3) is 0 Å². The summed E-state index contributed by atoms with van der Waals surface area (Å²) in [4.78, 5) is 24.4. The van der Waals surface area contributed by atoms with Crippen molar-refractivity contribution in [3.05, 3.63) is 49.1 Å². The normalized spacial score (nSPS) is 12.1. The zero-order valence-corrected chi connectivity index (χ0v) is 23.6. The number of hydrogen-bond acceptors (Lipinski definition) is 6. The van der Waals surface area contributed by atoms with Crippen molar-refractivity contribution in [3.8, 4) is 0 Å². The molecule has 2 unspecified atom stereocenters. The van der Waals surface area contributed by atoms with Gasteiger partial charge >= 0.3 is 0 Å². The smallest absolute Gasteiger partial charge is 0.233 e. The first-order valence-electron chi connectivity index (χ1n) is 11.6. The number of thiocarbonyl (C=S) groups is 2. The Balaban J connectivity index is 0.00000281. The molecule has 0 aliphatic heterocycles. The first-order valence-corrected chi connectivity index (χ1v) is 14.2. The molecule has 0 aromatic carbocycles. The average Bonchev–Trinajstić information content (AvgIpc) is 3.56. The quantitative estimate of drug-likeness (QED) is 0.297. The van der Waals surface area contributed by atoms with Crippen molar-refractivity contribution in [3.63, 3.8) is 0 Å². The SMILES string of the molecule is CC.CC(SC(=S)n1cccc1)C(=O)NCCCCCCNC(=O)C(C)SC(=S)n1cccc1. The van der Waals surface area contributed by atoms with E-state index in [1.165, 1.54) is 23.5 Å². The van der Waals surface area contributed by atoms with Crippen molar-refractivity contribution in [1.29, 1.82) is 0 Å². The van der Waals surface area contributed by atoms with Gasteiger partial charge in [0.1, 0.15) is 8.64 Å². The summed E-state index contributed by atoms with van der Waals surface area (Å²) in [7, 11) is 0. The number of carbonyl (C=O) groups is 2. The number of aromatic nitrogens is 2. The molecule has 2 heterocycles. The molecule has 0 saturated carbocycles. The number of nitrogens with one attached hydrogen (secondary N) is 2. The first-order chi connectivity index (χ1) is 16.4. The second-order valence-corrected chi connectivity index (χ2v) is 11.2. The molecule has 0 spiro atoms. The van der Waals surface area contributed by atoms with Crippen molar-refractivity contribution in [2.45, 2.75) is 63.9 Å². The molecule has 2 N–H and O–H groups in total. The molecule has 2 aromatic heterocycles. The molecule has 0 aliphatic carbocycles. The van der Waals surface area contributed by atoms with Crippen LogP contribution in [0.3, 0.4) is 0 Å². The van der Waals surface area contributed by atoms with E-state index in [9.17, 15) is 9.59 Å². The minimum absolute atomic E-state index is 0.00100. The van der Waals surface area contributed by atoms with Crippen molar-refractivity contribution in [2.75, 3.05) is 13.1 Å². The van der Waals surface area contributed by atoms with E-state index in [0.29, 0.717) is 21.7 Å². The number of unbranched alkanes of at least 4 members (excludes halogenated alkanes) is 3. The Morgan fingerprint density at radius 2 is 1.03 bits per heavy atom. The van der Waals surface area contributed by atoms with Crippen LogP contribution in [-0.4, -0.2) is 53.2 Å². The van der Waals surface area contributed by atoms with Crippen LogP contribution in [0, 0.1) is 0 Å². The van der Waals surface area contributed by atoms with Crippen LogP contribution in [0.2, 0.25) is 0 Å². The summed E-state index contributed by atoms with van der Waals surface area (Å²) in [5.41, 5.74) is 0. The lowest BCUT2D eigenvalue weighted by atomic mass is 10.2. The standard InChI is InChI=1S/C22H30N4O2S4.C2H6/c1-17(31-21(29)25-13-7-8-14-25)19(27)23-11-5-3-4-6-12-24-20(28)18(2)32-22(30)26-15-9-10-16-26;1-2/h7-10,13-18H,3-6,11-12H2,1-2H3,(H,23,27)(H,24,28);1-2H3. The molecule has 0 fully saturated rings. The Morgan fingerprint density at radius 3 is 1.35 bits per heavy atom. The number of hydrogen-bond donors (Lipinski definition) is 2. The highest BCUT2D eigenvalue weighted by Crippen LogP contribution is 2.16. The van der Waals surface area contributed by atoms with Gasteiger partial charge in [0, 0.05) is 37.9 Å². The summed E-state index contributed by atoms with van der Waals surface area (Å²) in [5.74, 6) is 0.00201. The van der Waals surface area contributed by atoms with Crippen LogP contribution < -0.4 is 10.6 Å². The van der Waals surface area contributed by atoms with Gasteiger partial charge in [0.2, 0.25) is 11.8 Å². The van der Waals surface area contributed by atoms with Crippen molar-refractivity contribution < 1.29 is 9.59 Å². The van der Waals surface area contributed by atoms with Crippen molar-refractivity contribution in [1.82, 2.24) is 19.8 Å². The molecule has 0 aliphatic rings. The van der Waals surface area contributed by atoms with E-state index >= 15 is 0 Å². The van der Waals surface area contributed by atoms with E-state index in [1.807, 2.05) is 85.9 Å². The minimum atomic E-state index is -0.231. The van der Waals surface area contributed by atoms with Crippen LogP contribution in [0.1, 0.15) is 53.4 Å². The lowest BCUT2D eigenvalue weighted by molar-refractivity contribution is -0.121. The Kier molecular flexibility index (Phi) is 15.9. The summed E-state index contributed by atoms with van der Waals surface area (Å²) < 4.78 is 5.00. The van der Waals surface area contributed by atoms with E-state index in [0.717, 1.165) is 25.7 Å². The van der Waals surface area contributed by atoms with Crippen LogP contribution >= 0.6 is 48.0 Å². The topological polar surface area (TPSA) is 68.1 Å². The monoisotopic (exact) mass is 540 g/mol. The zero-order valence-electron chi connectivity index (χ0n) is 20.4. The van der Waals surface area contributed by atoms with Gasteiger partial charge in [0.15, 0.2) is 0 Å². The second-order valence-electron chi connectivity index (χ2n) is 7.23. The van der Waals surface area contributed by atoms with Gasteiger partial charge in [-0.15, -0.1) is 0 Å². The van der Waals surface area contributed by atoms with E-state index < -0.39 is 0 Å². The Bertz CT molecular complexity index is 797. The number of carbonyl (C=O) groups excluding carboxylic acids is 2. The van der Waals surface area contributed by atoms with Gasteiger partial charge in [-0.25, -0.2) is 0 Å². The Labute approximate surface area is 223 Å². The molecule has 188 valence electrons. The highest BCUT2D eigenvalue weighted by atomic mass is 32.2. The number of amides is 2. The fourth-order valence-electron chi connectivity index (χ4n) is 2.76. The second kappa shape index (κ2) is 17.8. The third-order valence-corrected chi connectivity index (χ3v) is 7.59. The maximum atomic E-state index is 12.2. The van der Waals surface area contributed by atoms with Gasteiger partial charge < -0.3 is 19.8 Å². The third kappa shape index (κ3) is 11.7. The maximum absolute atomic E-state index is 12.2. The molecular weight excluding hydrogens is 505 g/mol. The van der Waals surface area contributed by atoms with E-state index in [2.05, 4.69) is 10.6 Å². The van der Waals surface area contributed by atoms with Crippen LogP contribution in [0.25, 0.3) is 0 Å². The van der Waals surface area contributed by atoms with E-state index in [4.69, 9.17) is 24.4 Å². The highest BCUT2D eigenvalue weighted by molar-refractivity contribution is 8.24. The number of nitrogens with zero attached hydrogens (tertiary/aromatic N) is 2. The van der Waals surface area contributed by atoms with Gasteiger partial charge in [-0.2, -0.15) is 0 Å². The molecule has 0 saturated heterocycles. The van der Waals surface area contributed by atoms with Crippen molar-refractivity contribution in [2.24, 2.45) is 0 Å². The van der Waals surface area contributed by atoms with Crippen LogP contribution in [0.15, 0.2) is 49.1 Å². The molecule has 0 radical (unpaired) electrons. The lowest BCUT2D eigenvalue weighted by Gasteiger charge is -2.13. The first kappa shape index (κ1) is 30.4. The molecule has 2 atom stereocenters. The molecule has 6 nitrogen and oxygen atoms in total. The maximum Gasteiger partial charge on any atom is 0.233 e. The number of thioether (sulfide) groups is 2. The third-order valence-electron chi connectivity index (χ3n) is 4.63. The molecule has 2 rings (SSSR count). The Hall–Kier alpha value is -1.62. The summed E-state index contributed by atoms with van der Waals surface area (Å²) >= 11 is 13.4. The summed E-state index contributed by atoms with van der Waals surface area (Å²) in [5, 5.41) is 5.48. The van der Waals surface area contributed by atoms with Crippen LogP contribution in [0.5, 0.6) is 0 Å². The van der Waals surface area contributed by atoms with Gasteiger partial charge in [-0.1, -0.05) is 74.6 Å². The zero-order chi connectivity index (χ0) is 25.3. The van der Waals surface area contributed by atoms with Gasteiger partial charge in [0.05, 0.1) is 10.5 Å². The van der Waals surface area contributed by atoms with Crippen molar-refractivity contribution >= 4 is 68.4 Å². The summed E-state index contributed by atoms with van der Waals surface area (Å²) in [6.45, 7) is 9.03. The van der Waals surface area contributed by atoms with Crippen LogP contribution in [0.4, 0.5) is 0 Å². The predicted octanol–water partition coefficient (Wildman–Crippen LogP) is 5.32. The van der Waals surface area contributed by atoms with E-state index in [1.54, 1.807) is 0 Å². The molecular formula is C24H36N4O2S4. The molecule has 10 heteroatoms. The molecule has 2 amide bonds. The average molecular weight is 541 g/mol. The minimum Gasteiger partial charge on any atom is -0.355 e. The number of rotatable bonds is 11. The fraction of sp³-hybridized carbons (Fsp3) is 0.500. The largest absolute Gasteiger partial charge is 0.355 e. The fourth-order valence-corrected chi connectivity index (χ4v) is 5.34. The molecule has 0 bridgehead atoms. The highest BCUT2D eigenvalue weighted by Gasteiger charge is 2.17. The molecule has 34 heavy (non-hydrogen) atoms. The lowest BCUT2D eigenvalue weighted by Crippen LogP contribution is -2.33. The van der Waals surface area contributed by atoms with Crippen LogP contribution in [-0.2, 0) is 9.59 Å². The molecule has 2 aromatic rings. The summed E-state index contributed by atoms with van der Waals surface area (Å²) in [6, 6.07) is 7.62. The summed E-state index contributed by atoms with van der Waals surface area (Å²) in [6.07, 6.45) is 11.3.